The number of nitrogens with zero attached hydrogens (tertiary/aromatic N) is 1. The van der Waals surface area contributed by atoms with Crippen molar-refractivity contribution >= 4 is 21.8 Å². The number of carbonyl (C=O) groups is 2. The van der Waals surface area contributed by atoms with Gasteiger partial charge in [-0.1, -0.05) is 48.0 Å². The van der Waals surface area contributed by atoms with E-state index < -0.39 is 22.5 Å². The summed E-state index contributed by atoms with van der Waals surface area (Å²) >= 11 is 0. The third-order valence-electron chi connectivity index (χ3n) is 4.51. The van der Waals surface area contributed by atoms with Crippen molar-refractivity contribution in [2.45, 2.75) is 31.1 Å². The Morgan fingerprint density at radius 3 is 2.26 bits per heavy atom. The fraction of sp³-hybridized carbons (Fsp3) is 0.364. The van der Waals surface area contributed by atoms with Gasteiger partial charge in [-0.2, -0.15) is 4.31 Å². The Hall–Kier alpha value is -2.75. The van der Waals surface area contributed by atoms with E-state index in [0.717, 1.165) is 16.3 Å². The molecule has 0 aliphatic carbocycles. The largest absolute Gasteiger partial charge is 0.381 e. The van der Waals surface area contributed by atoms with Crippen LogP contribution in [-0.4, -0.2) is 51.3 Å². The summed E-state index contributed by atoms with van der Waals surface area (Å²) in [6, 6.07) is 16.3. The number of sulfonamides is 1. The molecule has 31 heavy (non-hydrogen) atoms. The Bertz CT molecular complexity index is 947. The average molecular weight is 448 g/mol. The second kappa shape index (κ2) is 12.2. The standard InChI is InChI=1S/C22H29N3O5S/c1-18-10-12-20(13-11-18)31(28,29)25(2)17-22(27)24-23-21(26)9-6-15-30-16-14-19-7-4-3-5-8-19/h3-5,7-8,10-13H,6,9,14-17H2,1-2H3,(H,23,26)(H,24,27). The maximum absolute atomic E-state index is 12.5. The van der Waals surface area contributed by atoms with Gasteiger partial charge in [0.25, 0.3) is 5.91 Å². The molecule has 0 saturated heterocycles. The fourth-order valence-electron chi connectivity index (χ4n) is 2.69. The third kappa shape index (κ3) is 8.49. The second-order valence-corrected chi connectivity index (χ2v) is 9.17. The molecule has 0 saturated carbocycles. The summed E-state index contributed by atoms with van der Waals surface area (Å²) in [6.07, 6.45) is 1.50. The minimum atomic E-state index is -3.79. The van der Waals surface area contributed by atoms with Crippen LogP contribution in [0.4, 0.5) is 0 Å². The van der Waals surface area contributed by atoms with Gasteiger partial charge in [0, 0.05) is 20.1 Å². The zero-order valence-electron chi connectivity index (χ0n) is 17.8. The van der Waals surface area contributed by atoms with Crippen LogP contribution in [0.25, 0.3) is 0 Å². The normalized spacial score (nSPS) is 11.3. The van der Waals surface area contributed by atoms with E-state index in [4.69, 9.17) is 4.74 Å². The Morgan fingerprint density at radius 1 is 0.935 bits per heavy atom. The summed E-state index contributed by atoms with van der Waals surface area (Å²) in [5.41, 5.74) is 6.65. The van der Waals surface area contributed by atoms with Crippen molar-refractivity contribution in [1.29, 1.82) is 0 Å². The van der Waals surface area contributed by atoms with Crippen LogP contribution in [0, 0.1) is 6.92 Å². The molecule has 0 unspecified atom stereocenters. The van der Waals surface area contributed by atoms with E-state index in [9.17, 15) is 18.0 Å². The van der Waals surface area contributed by atoms with Crippen molar-refractivity contribution in [2.24, 2.45) is 0 Å². The summed E-state index contributed by atoms with van der Waals surface area (Å²) < 4.78 is 31.4. The molecule has 2 amide bonds. The van der Waals surface area contributed by atoms with Crippen molar-refractivity contribution < 1.29 is 22.7 Å². The Labute approximate surface area is 183 Å². The molecule has 0 aromatic heterocycles. The Kier molecular flexibility index (Phi) is 9.64. The van der Waals surface area contributed by atoms with Crippen molar-refractivity contribution in [3.63, 3.8) is 0 Å². The zero-order valence-corrected chi connectivity index (χ0v) is 18.7. The number of hydrogen-bond acceptors (Lipinski definition) is 5. The smallest absolute Gasteiger partial charge is 0.253 e. The molecule has 0 spiro atoms. The molecule has 2 N–H and O–H groups in total. The molecule has 8 nitrogen and oxygen atoms in total. The molecular weight excluding hydrogens is 418 g/mol. The number of amides is 2. The highest BCUT2D eigenvalue weighted by molar-refractivity contribution is 7.89. The summed E-state index contributed by atoms with van der Waals surface area (Å²) in [5.74, 6) is -1.00. The fourth-order valence-corrected chi connectivity index (χ4v) is 3.82. The minimum Gasteiger partial charge on any atom is -0.381 e. The maximum atomic E-state index is 12.5. The molecular formula is C22H29N3O5S. The number of aryl methyl sites for hydroxylation is 1. The predicted molar refractivity (Wildman–Crippen MR) is 117 cm³/mol. The van der Waals surface area contributed by atoms with Crippen molar-refractivity contribution in [3.05, 3.63) is 65.7 Å². The van der Waals surface area contributed by atoms with Gasteiger partial charge in [-0.15, -0.1) is 0 Å². The first-order valence-electron chi connectivity index (χ1n) is 10.0. The van der Waals surface area contributed by atoms with Crippen LogP contribution in [0.3, 0.4) is 0 Å². The lowest BCUT2D eigenvalue weighted by Gasteiger charge is -2.17. The molecule has 0 radical (unpaired) electrons. The van der Waals surface area contributed by atoms with Crippen LogP contribution in [0.2, 0.25) is 0 Å². The Balaban J connectivity index is 1.61. The van der Waals surface area contributed by atoms with Gasteiger partial charge >= 0.3 is 0 Å². The van der Waals surface area contributed by atoms with Gasteiger partial charge in [-0.05, 0) is 37.5 Å². The molecule has 9 heteroatoms. The summed E-state index contributed by atoms with van der Waals surface area (Å²) in [7, 11) is -2.48. The molecule has 0 heterocycles. The topological polar surface area (TPSA) is 105 Å². The predicted octanol–water partition coefficient (Wildman–Crippen LogP) is 1.80. The van der Waals surface area contributed by atoms with Gasteiger partial charge < -0.3 is 4.74 Å². The highest BCUT2D eigenvalue weighted by Gasteiger charge is 2.22. The summed E-state index contributed by atoms with van der Waals surface area (Å²) in [4.78, 5) is 23.9. The number of ether oxygens (including phenoxy) is 1. The van der Waals surface area contributed by atoms with Crippen molar-refractivity contribution in [3.8, 4) is 0 Å². The van der Waals surface area contributed by atoms with Gasteiger partial charge in [0.1, 0.15) is 0 Å². The first-order valence-corrected chi connectivity index (χ1v) is 11.5. The molecule has 0 atom stereocenters. The minimum absolute atomic E-state index is 0.102. The number of benzene rings is 2. The molecule has 168 valence electrons. The molecule has 0 aliphatic heterocycles. The van der Waals surface area contributed by atoms with E-state index in [1.807, 2.05) is 37.3 Å². The van der Waals surface area contributed by atoms with Crippen LogP contribution < -0.4 is 10.9 Å². The quantitative estimate of drug-likeness (QED) is 0.404. The zero-order chi connectivity index (χ0) is 22.7. The van der Waals surface area contributed by atoms with E-state index >= 15 is 0 Å². The molecule has 2 aromatic carbocycles. The number of likely N-dealkylation sites (N-methyl/N-ethyl adjacent to an activating group) is 1. The van der Waals surface area contributed by atoms with Crippen LogP contribution in [0.1, 0.15) is 24.0 Å². The molecule has 2 aromatic rings. The molecule has 0 aliphatic rings. The van der Waals surface area contributed by atoms with Gasteiger partial charge in [0.05, 0.1) is 18.0 Å². The van der Waals surface area contributed by atoms with Gasteiger partial charge in [-0.3, -0.25) is 20.4 Å². The number of hydrazine groups is 1. The first kappa shape index (κ1) is 24.5. The monoisotopic (exact) mass is 447 g/mol. The molecule has 0 fully saturated rings. The molecule has 2 rings (SSSR count). The van der Waals surface area contributed by atoms with Gasteiger partial charge in [0.2, 0.25) is 15.9 Å². The molecule has 0 bridgehead atoms. The Morgan fingerprint density at radius 2 is 1.58 bits per heavy atom. The number of nitrogens with one attached hydrogen (secondary N) is 2. The van der Waals surface area contributed by atoms with Crippen molar-refractivity contribution in [2.75, 3.05) is 26.8 Å². The lowest BCUT2D eigenvalue weighted by molar-refractivity contribution is -0.129. The van der Waals surface area contributed by atoms with E-state index in [1.165, 1.54) is 24.7 Å². The highest BCUT2D eigenvalue weighted by atomic mass is 32.2. The van der Waals surface area contributed by atoms with Gasteiger partial charge in [0.15, 0.2) is 0 Å². The summed E-state index contributed by atoms with van der Waals surface area (Å²) in [6.45, 7) is 2.45. The number of hydrogen-bond donors (Lipinski definition) is 2. The van der Waals surface area contributed by atoms with Crippen LogP contribution in [0.5, 0.6) is 0 Å². The van der Waals surface area contributed by atoms with Crippen LogP contribution in [0.15, 0.2) is 59.5 Å². The van der Waals surface area contributed by atoms with E-state index in [1.54, 1.807) is 12.1 Å². The van der Waals surface area contributed by atoms with Crippen molar-refractivity contribution in [1.82, 2.24) is 15.2 Å². The lowest BCUT2D eigenvalue weighted by Crippen LogP contribution is -2.46. The van der Waals surface area contributed by atoms with Crippen LogP contribution in [-0.2, 0) is 30.8 Å². The first-order chi connectivity index (χ1) is 14.8. The third-order valence-corrected chi connectivity index (χ3v) is 6.32. The van der Waals surface area contributed by atoms with Gasteiger partial charge in [-0.25, -0.2) is 8.42 Å². The number of rotatable bonds is 11. The maximum Gasteiger partial charge on any atom is 0.253 e. The SMILES string of the molecule is Cc1ccc(S(=O)(=O)N(C)CC(=O)NNC(=O)CCCOCCc2ccccc2)cc1. The van der Waals surface area contributed by atoms with E-state index in [2.05, 4.69) is 10.9 Å². The van der Waals surface area contributed by atoms with Crippen LogP contribution >= 0.6 is 0 Å². The summed E-state index contributed by atoms with van der Waals surface area (Å²) in [5, 5.41) is 0. The van der Waals surface area contributed by atoms with E-state index in [-0.39, 0.29) is 17.2 Å². The van der Waals surface area contributed by atoms with E-state index in [0.29, 0.717) is 19.6 Å². The lowest BCUT2D eigenvalue weighted by atomic mass is 10.2. The number of carbonyl (C=O) groups excluding carboxylic acids is 2. The second-order valence-electron chi connectivity index (χ2n) is 7.12. The average Bonchev–Trinajstić information content (AvgIpc) is 2.75. The highest BCUT2D eigenvalue weighted by Crippen LogP contribution is 2.14.